The van der Waals surface area contributed by atoms with Gasteiger partial charge in [0.15, 0.2) is 0 Å². The van der Waals surface area contributed by atoms with Crippen molar-refractivity contribution >= 4 is 38.9 Å². The van der Waals surface area contributed by atoms with Crippen LogP contribution in [0.15, 0.2) is 22.0 Å². The molecule has 0 bridgehead atoms. The quantitative estimate of drug-likeness (QED) is 0.746. The highest BCUT2D eigenvalue weighted by Crippen LogP contribution is 2.36. The average molecular weight is 307 g/mol. The van der Waals surface area contributed by atoms with Crippen molar-refractivity contribution in [3.05, 3.63) is 38.5 Å². The fraction of sp³-hybridized carbons (Fsp3) is 0.100. The van der Waals surface area contributed by atoms with Gasteiger partial charge in [-0.3, -0.25) is 0 Å². The van der Waals surface area contributed by atoms with Crippen molar-refractivity contribution in [2.75, 3.05) is 0 Å². The first-order valence-electron chi connectivity index (χ1n) is 4.17. The van der Waals surface area contributed by atoms with Gasteiger partial charge in [0.05, 0.1) is 20.1 Å². The fourth-order valence-corrected chi connectivity index (χ4v) is 2.90. The molecule has 1 aromatic heterocycles. The average Bonchev–Trinajstić information content (AvgIpc) is 2.46. The molecule has 2 rings (SSSR count). The molecule has 0 saturated heterocycles. The number of benzene rings is 1. The van der Waals surface area contributed by atoms with Crippen LogP contribution in [0.2, 0.25) is 5.02 Å². The summed E-state index contributed by atoms with van der Waals surface area (Å²) in [6.07, 6.45) is 0. The Morgan fingerprint density at radius 2 is 2.20 bits per heavy atom. The van der Waals surface area contributed by atoms with Crippen LogP contribution in [0.3, 0.4) is 0 Å². The number of rotatable bonds is 1. The summed E-state index contributed by atoms with van der Waals surface area (Å²) in [5.74, 6) is -0.344. The molecule has 0 spiro atoms. The van der Waals surface area contributed by atoms with E-state index in [2.05, 4.69) is 20.9 Å². The van der Waals surface area contributed by atoms with E-state index < -0.39 is 0 Å². The lowest BCUT2D eigenvalue weighted by molar-refractivity contribution is 0.631. The van der Waals surface area contributed by atoms with Crippen LogP contribution >= 0.6 is 38.9 Å². The topological polar surface area (TPSA) is 12.9 Å². The van der Waals surface area contributed by atoms with Gasteiger partial charge >= 0.3 is 0 Å². The summed E-state index contributed by atoms with van der Waals surface area (Å²) < 4.78 is 14.4. The Bertz CT molecular complexity index is 472. The molecule has 1 heterocycles. The van der Waals surface area contributed by atoms with Gasteiger partial charge in [-0.1, -0.05) is 17.7 Å². The van der Waals surface area contributed by atoms with Crippen molar-refractivity contribution < 1.29 is 4.39 Å². The Kier molecular flexibility index (Phi) is 3.09. The highest BCUT2D eigenvalue weighted by atomic mass is 79.9. The Hall–Kier alpha value is -0.450. The molecule has 0 aliphatic heterocycles. The largest absolute Gasteiger partial charge is 0.240 e. The number of thiazole rings is 1. The zero-order valence-corrected chi connectivity index (χ0v) is 10.9. The van der Waals surface area contributed by atoms with Crippen LogP contribution < -0.4 is 0 Å². The van der Waals surface area contributed by atoms with E-state index in [1.807, 2.05) is 6.92 Å². The number of aryl methyl sites for hydroxylation is 1. The monoisotopic (exact) mass is 305 g/mol. The predicted molar refractivity (Wildman–Crippen MR) is 65.0 cm³/mol. The van der Waals surface area contributed by atoms with E-state index in [0.717, 1.165) is 9.48 Å². The normalized spacial score (nSPS) is 10.7. The molecule has 0 radical (unpaired) electrons. The lowest BCUT2D eigenvalue weighted by Crippen LogP contribution is -1.84. The van der Waals surface area contributed by atoms with E-state index in [-0.39, 0.29) is 5.82 Å². The van der Waals surface area contributed by atoms with Crippen LogP contribution in [0.1, 0.15) is 5.69 Å². The molecule has 1 aromatic carbocycles. The fourth-order valence-electron chi connectivity index (χ4n) is 1.19. The van der Waals surface area contributed by atoms with Crippen molar-refractivity contribution in [3.8, 4) is 10.6 Å². The maximum atomic E-state index is 13.5. The van der Waals surface area contributed by atoms with Gasteiger partial charge in [0.2, 0.25) is 0 Å². The van der Waals surface area contributed by atoms with E-state index in [1.54, 1.807) is 12.1 Å². The van der Waals surface area contributed by atoms with Gasteiger partial charge in [0, 0.05) is 0 Å². The summed E-state index contributed by atoms with van der Waals surface area (Å²) in [5, 5.41) is 0.985. The summed E-state index contributed by atoms with van der Waals surface area (Å²) in [6, 6.07) is 4.62. The first-order valence-corrected chi connectivity index (χ1v) is 6.15. The van der Waals surface area contributed by atoms with E-state index >= 15 is 0 Å². The van der Waals surface area contributed by atoms with Crippen LogP contribution in [0.5, 0.6) is 0 Å². The van der Waals surface area contributed by atoms with Gasteiger partial charge in [0.25, 0.3) is 0 Å². The third-order valence-electron chi connectivity index (χ3n) is 1.92. The van der Waals surface area contributed by atoms with Gasteiger partial charge in [-0.15, -0.1) is 11.3 Å². The van der Waals surface area contributed by atoms with Crippen molar-refractivity contribution in [1.29, 1.82) is 0 Å². The van der Waals surface area contributed by atoms with E-state index in [9.17, 15) is 4.39 Å². The van der Waals surface area contributed by atoms with Gasteiger partial charge < -0.3 is 0 Å². The number of aromatic nitrogens is 1. The summed E-state index contributed by atoms with van der Waals surface area (Å²) >= 11 is 10.7. The molecule has 1 nitrogen and oxygen atoms in total. The zero-order chi connectivity index (χ0) is 11.0. The summed E-state index contributed by atoms with van der Waals surface area (Å²) in [6.45, 7) is 1.86. The van der Waals surface area contributed by atoms with Gasteiger partial charge in [0.1, 0.15) is 10.8 Å². The molecule has 0 aliphatic rings. The van der Waals surface area contributed by atoms with E-state index in [1.165, 1.54) is 17.4 Å². The third-order valence-corrected chi connectivity index (χ3v) is 4.25. The minimum atomic E-state index is -0.344. The van der Waals surface area contributed by atoms with Crippen LogP contribution in [0.4, 0.5) is 4.39 Å². The Balaban J connectivity index is 2.63. The lowest BCUT2D eigenvalue weighted by atomic mass is 10.2. The SMILES string of the molecule is Cc1nc(-c2c(F)cccc2Cl)sc1Br. The molecule has 2 aromatic rings. The van der Waals surface area contributed by atoms with Crippen LogP contribution in [-0.4, -0.2) is 4.98 Å². The second-order valence-electron chi connectivity index (χ2n) is 2.97. The van der Waals surface area contributed by atoms with Gasteiger partial charge in [-0.2, -0.15) is 0 Å². The number of halogens is 3. The number of hydrogen-bond acceptors (Lipinski definition) is 2. The minimum absolute atomic E-state index is 0.344. The molecule has 0 amide bonds. The highest BCUT2D eigenvalue weighted by molar-refractivity contribution is 9.11. The Morgan fingerprint density at radius 1 is 1.47 bits per heavy atom. The van der Waals surface area contributed by atoms with E-state index in [4.69, 9.17) is 11.6 Å². The molecule has 0 saturated carbocycles. The molecule has 5 heteroatoms. The third kappa shape index (κ3) is 2.07. The van der Waals surface area contributed by atoms with E-state index in [0.29, 0.717) is 15.6 Å². The molecule has 15 heavy (non-hydrogen) atoms. The van der Waals surface area contributed by atoms with Gasteiger partial charge in [-0.05, 0) is 35.0 Å². The van der Waals surface area contributed by atoms with Crippen molar-refractivity contribution in [3.63, 3.8) is 0 Å². The minimum Gasteiger partial charge on any atom is -0.240 e. The number of nitrogens with zero attached hydrogens (tertiary/aromatic N) is 1. The second-order valence-corrected chi connectivity index (χ2v) is 5.70. The van der Waals surface area contributed by atoms with Crippen LogP contribution in [0, 0.1) is 12.7 Å². The first kappa shape index (κ1) is 11.0. The standard InChI is InChI=1S/C10H6BrClFNS/c1-5-9(11)15-10(14-5)8-6(12)3-2-4-7(8)13/h2-4H,1H3. The summed E-state index contributed by atoms with van der Waals surface area (Å²) in [7, 11) is 0. The highest BCUT2D eigenvalue weighted by Gasteiger charge is 2.14. The molecule has 0 aliphatic carbocycles. The smallest absolute Gasteiger partial charge is 0.134 e. The van der Waals surface area contributed by atoms with Crippen LogP contribution in [-0.2, 0) is 0 Å². The zero-order valence-electron chi connectivity index (χ0n) is 7.72. The molecule has 78 valence electrons. The number of hydrogen-bond donors (Lipinski definition) is 0. The first-order chi connectivity index (χ1) is 7.09. The molecule has 0 unspecified atom stereocenters. The summed E-state index contributed by atoms with van der Waals surface area (Å²) in [4.78, 5) is 4.25. The second kappa shape index (κ2) is 4.20. The Labute approximate surface area is 104 Å². The van der Waals surface area contributed by atoms with Crippen LogP contribution in [0.25, 0.3) is 10.6 Å². The maximum absolute atomic E-state index is 13.5. The van der Waals surface area contributed by atoms with Crippen molar-refractivity contribution in [2.45, 2.75) is 6.92 Å². The predicted octanol–water partition coefficient (Wildman–Crippen LogP) is 4.67. The lowest BCUT2D eigenvalue weighted by Gasteiger charge is -2.00. The van der Waals surface area contributed by atoms with Crippen molar-refractivity contribution in [2.24, 2.45) is 0 Å². The van der Waals surface area contributed by atoms with Crippen molar-refractivity contribution in [1.82, 2.24) is 4.98 Å². The molecular weight excluding hydrogens is 301 g/mol. The van der Waals surface area contributed by atoms with Gasteiger partial charge in [-0.25, -0.2) is 9.37 Å². The molecule has 0 atom stereocenters. The molecule has 0 fully saturated rings. The summed E-state index contributed by atoms with van der Waals surface area (Å²) in [5.41, 5.74) is 1.22. The maximum Gasteiger partial charge on any atom is 0.134 e. The Morgan fingerprint density at radius 3 is 2.73 bits per heavy atom. The molecule has 0 N–H and O–H groups in total. The molecular formula is C10H6BrClFNS.